The Morgan fingerprint density at radius 1 is 1.16 bits per heavy atom. The summed E-state index contributed by atoms with van der Waals surface area (Å²) in [6.45, 7) is 6.22. The molecule has 0 unspecified atom stereocenters. The largest absolute Gasteiger partial charge is 0.491 e. The topological polar surface area (TPSA) is 47.6 Å². The number of hydrogen-bond acceptors (Lipinski definition) is 3. The number of rotatable bonds is 8. The molecule has 2 aromatic rings. The molecule has 2 aromatic carbocycles. The predicted molar refractivity (Wildman–Crippen MR) is 100 cm³/mol. The molecule has 2 rings (SSSR count). The quantitative estimate of drug-likeness (QED) is 0.758. The van der Waals surface area contributed by atoms with Gasteiger partial charge in [0.2, 0.25) is 0 Å². The molecule has 0 aliphatic carbocycles. The summed E-state index contributed by atoms with van der Waals surface area (Å²) in [4.78, 5) is 12.4. The van der Waals surface area contributed by atoms with Crippen molar-refractivity contribution in [1.82, 2.24) is 5.32 Å². The number of amides is 1. The lowest BCUT2D eigenvalue weighted by Gasteiger charge is -2.21. The third-order valence-corrected chi connectivity index (χ3v) is 3.88. The first kappa shape index (κ1) is 19.1. The molecule has 0 saturated carbocycles. The average Bonchev–Trinajstić information content (AvgIpc) is 2.59. The van der Waals surface area contributed by atoms with E-state index in [1.807, 2.05) is 45.0 Å². The van der Waals surface area contributed by atoms with Crippen molar-refractivity contribution in [2.45, 2.75) is 39.3 Å². The summed E-state index contributed by atoms with van der Waals surface area (Å²) in [5.41, 5.74) is 1.18. The molecule has 1 amide bonds. The Morgan fingerprint density at radius 3 is 2.52 bits per heavy atom. The number of benzene rings is 2. The maximum atomic E-state index is 12.4. The van der Waals surface area contributed by atoms with Gasteiger partial charge < -0.3 is 14.8 Å². The van der Waals surface area contributed by atoms with E-state index in [2.05, 4.69) is 5.32 Å². The van der Waals surface area contributed by atoms with Gasteiger partial charge in [-0.2, -0.15) is 0 Å². The van der Waals surface area contributed by atoms with Crippen molar-refractivity contribution >= 4 is 17.5 Å². The number of nitrogens with one attached hydrogen (secondary N) is 1. The summed E-state index contributed by atoms with van der Waals surface area (Å²) in [6.07, 6.45) is -0.00976. The Morgan fingerprint density at radius 2 is 1.88 bits per heavy atom. The Hall–Kier alpha value is -2.20. The van der Waals surface area contributed by atoms with Crippen LogP contribution in [0.25, 0.3) is 0 Å². The molecule has 2 atom stereocenters. The number of aryl methyl sites for hydroxylation is 1. The van der Waals surface area contributed by atoms with Crippen LogP contribution in [0.1, 0.15) is 25.8 Å². The van der Waals surface area contributed by atoms with Gasteiger partial charge in [0.25, 0.3) is 5.91 Å². The fourth-order valence-electron chi connectivity index (χ4n) is 2.26. The second-order valence-electron chi connectivity index (χ2n) is 6.01. The lowest BCUT2D eigenvalue weighted by molar-refractivity contribution is -0.128. The fourth-order valence-corrected chi connectivity index (χ4v) is 2.44. The standard InChI is InChI=1S/C20H24ClNO3/c1-4-19(25-18-7-5-6-16(21)12-18)20(23)22-15(3)13-24-17-10-8-14(2)9-11-17/h5-12,15,19H,4,13H2,1-3H3,(H,22,23)/t15-,19+/m0/s1. The summed E-state index contributed by atoms with van der Waals surface area (Å²) < 4.78 is 11.4. The van der Waals surface area contributed by atoms with Crippen molar-refractivity contribution in [1.29, 1.82) is 0 Å². The van der Waals surface area contributed by atoms with Gasteiger partial charge in [0, 0.05) is 5.02 Å². The SMILES string of the molecule is CC[C@@H](Oc1cccc(Cl)c1)C(=O)N[C@@H](C)COc1ccc(C)cc1. The van der Waals surface area contributed by atoms with Gasteiger partial charge in [0.05, 0.1) is 6.04 Å². The van der Waals surface area contributed by atoms with Gasteiger partial charge in [0.15, 0.2) is 6.10 Å². The normalized spacial score (nSPS) is 13.0. The zero-order valence-electron chi connectivity index (χ0n) is 14.8. The van der Waals surface area contributed by atoms with E-state index in [9.17, 15) is 4.79 Å². The Bertz CT molecular complexity index is 688. The summed E-state index contributed by atoms with van der Waals surface area (Å²) in [5, 5.41) is 3.50. The van der Waals surface area contributed by atoms with Crippen LogP contribution >= 0.6 is 11.6 Å². The van der Waals surface area contributed by atoms with Crippen molar-refractivity contribution in [2.24, 2.45) is 0 Å². The van der Waals surface area contributed by atoms with Crippen LogP contribution in [0.5, 0.6) is 11.5 Å². The molecule has 0 heterocycles. The molecule has 4 nitrogen and oxygen atoms in total. The van der Waals surface area contributed by atoms with Crippen LogP contribution in [-0.4, -0.2) is 24.7 Å². The van der Waals surface area contributed by atoms with Crippen LogP contribution in [0.3, 0.4) is 0 Å². The first-order valence-corrected chi connectivity index (χ1v) is 8.77. The summed E-state index contributed by atoms with van der Waals surface area (Å²) in [6, 6.07) is 14.7. The Labute approximate surface area is 154 Å². The number of carbonyl (C=O) groups is 1. The van der Waals surface area contributed by atoms with Crippen LogP contribution in [0, 0.1) is 6.92 Å². The highest BCUT2D eigenvalue weighted by Gasteiger charge is 2.20. The van der Waals surface area contributed by atoms with Gasteiger partial charge in [0.1, 0.15) is 18.1 Å². The molecule has 0 aliphatic rings. The van der Waals surface area contributed by atoms with Gasteiger partial charge >= 0.3 is 0 Å². The van der Waals surface area contributed by atoms with Crippen LogP contribution in [0.15, 0.2) is 48.5 Å². The molecule has 1 N–H and O–H groups in total. The molecule has 0 fully saturated rings. The van der Waals surface area contributed by atoms with Crippen LogP contribution in [0.4, 0.5) is 0 Å². The average molecular weight is 362 g/mol. The van der Waals surface area contributed by atoms with Gasteiger partial charge in [-0.1, -0.05) is 42.3 Å². The zero-order chi connectivity index (χ0) is 18.2. The molecule has 0 aliphatic heterocycles. The lowest BCUT2D eigenvalue weighted by atomic mass is 10.2. The van der Waals surface area contributed by atoms with Crippen molar-refractivity contribution < 1.29 is 14.3 Å². The number of carbonyl (C=O) groups excluding carboxylic acids is 1. The molecular weight excluding hydrogens is 338 g/mol. The van der Waals surface area contributed by atoms with E-state index < -0.39 is 6.10 Å². The molecule has 0 saturated heterocycles. The smallest absolute Gasteiger partial charge is 0.261 e. The van der Waals surface area contributed by atoms with Gasteiger partial charge in [-0.25, -0.2) is 0 Å². The molecule has 0 bridgehead atoms. The van der Waals surface area contributed by atoms with E-state index >= 15 is 0 Å². The minimum Gasteiger partial charge on any atom is -0.491 e. The summed E-state index contributed by atoms with van der Waals surface area (Å²) >= 11 is 5.95. The molecule has 134 valence electrons. The first-order chi connectivity index (χ1) is 12.0. The monoisotopic (exact) mass is 361 g/mol. The lowest BCUT2D eigenvalue weighted by Crippen LogP contribution is -2.44. The van der Waals surface area contributed by atoms with E-state index in [0.29, 0.717) is 23.8 Å². The Balaban J connectivity index is 1.84. The fraction of sp³-hybridized carbons (Fsp3) is 0.350. The minimum atomic E-state index is -0.569. The minimum absolute atomic E-state index is 0.134. The molecule has 5 heteroatoms. The van der Waals surface area contributed by atoms with Crippen molar-refractivity contribution in [2.75, 3.05) is 6.61 Å². The van der Waals surface area contributed by atoms with E-state index in [4.69, 9.17) is 21.1 Å². The third kappa shape index (κ3) is 6.31. The third-order valence-electron chi connectivity index (χ3n) is 3.65. The maximum Gasteiger partial charge on any atom is 0.261 e. The van der Waals surface area contributed by atoms with E-state index in [-0.39, 0.29) is 11.9 Å². The molecular formula is C20H24ClNO3. The van der Waals surface area contributed by atoms with Gasteiger partial charge in [-0.15, -0.1) is 0 Å². The van der Waals surface area contributed by atoms with Crippen LogP contribution < -0.4 is 14.8 Å². The molecule has 0 spiro atoms. The number of ether oxygens (including phenoxy) is 2. The highest BCUT2D eigenvalue weighted by molar-refractivity contribution is 6.30. The molecule has 0 aromatic heterocycles. The summed E-state index contributed by atoms with van der Waals surface area (Å²) in [7, 11) is 0. The van der Waals surface area contributed by atoms with Crippen molar-refractivity contribution in [3.63, 3.8) is 0 Å². The highest BCUT2D eigenvalue weighted by atomic mass is 35.5. The van der Waals surface area contributed by atoms with E-state index in [0.717, 1.165) is 5.75 Å². The molecule has 25 heavy (non-hydrogen) atoms. The number of hydrogen-bond donors (Lipinski definition) is 1. The maximum absolute atomic E-state index is 12.4. The van der Waals surface area contributed by atoms with E-state index in [1.54, 1.807) is 24.3 Å². The van der Waals surface area contributed by atoms with Crippen molar-refractivity contribution in [3.8, 4) is 11.5 Å². The van der Waals surface area contributed by atoms with Crippen LogP contribution in [0.2, 0.25) is 5.02 Å². The zero-order valence-corrected chi connectivity index (χ0v) is 15.5. The van der Waals surface area contributed by atoms with Gasteiger partial charge in [-0.05, 0) is 50.6 Å². The second-order valence-corrected chi connectivity index (χ2v) is 6.44. The van der Waals surface area contributed by atoms with E-state index in [1.165, 1.54) is 5.56 Å². The van der Waals surface area contributed by atoms with Crippen molar-refractivity contribution in [3.05, 3.63) is 59.1 Å². The summed E-state index contributed by atoms with van der Waals surface area (Å²) in [5.74, 6) is 1.20. The predicted octanol–water partition coefficient (Wildman–Crippen LogP) is 4.39. The second kappa shape index (κ2) is 9.33. The van der Waals surface area contributed by atoms with Crippen LogP contribution in [-0.2, 0) is 4.79 Å². The number of halogens is 1. The molecule has 0 radical (unpaired) electrons. The first-order valence-electron chi connectivity index (χ1n) is 8.40. The van der Waals surface area contributed by atoms with Gasteiger partial charge in [-0.3, -0.25) is 4.79 Å². The Kier molecular flexibility index (Phi) is 7.14. The highest BCUT2D eigenvalue weighted by Crippen LogP contribution is 2.19.